The minimum atomic E-state index is -2.74. The molecule has 0 atom stereocenters. The van der Waals surface area contributed by atoms with Crippen LogP contribution in [0.1, 0.15) is 37.9 Å². The molecule has 0 saturated carbocycles. The van der Waals surface area contributed by atoms with E-state index in [1.807, 2.05) is 24.3 Å². The zero-order valence-electron chi connectivity index (χ0n) is 29.3. The molecule has 0 aliphatic carbocycles. The Morgan fingerprint density at radius 1 is 1.00 bits per heavy atom. The van der Waals surface area contributed by atoms with Crippen molar-refractivity contribution in [2.45, 2.75) is 39.2 Å². The van der Waals surface area contributed by atoms with Crippen molar-refractivity contribution >= 4 is 68.1 Å². The smallest absolute Gasteiger partial charge is 0.229 e. The van der Waals surface area contributed by atoms with E-state index in [9.17, 15) is 4.57 Å². The zero-order chi connectivity index (χ0) is 34.7. The summed E-state index contributed by atoms with van der Waals surface area (Å²) in [5.41, 5.74) is 5.42. The number of ether oxygens (including phenoxy) is 1. The Kier molecular flexibility index (Phi) is 10.8. The fourth-order valence-electron chi connectivity index (χ4n) is 6.95. The molecule has 12 heteroatoms. The van der Waals surface area contributed by atoms with Crippen molar-refractivity contribution < 1.29 is 9.30 Å². The van der Waals surface area contributed by atoms with Gasteiger partial charge in [0.15, 0.2) is 0 Å². The molecule has 2 aromatic carbocycles. The van der Waals surface area contributed by atoms with E-state index >= 15 is 0 Å². The first-order valence-corrected chi connectivity index (χ1v) is 20.3. The molecule has 0 spiro atoms. The van der Waals surface area contributed by atoms with Gasteiger partial charge in [0, 0.05) is 74.0 Å². The Hall–Kier alpha value is -3.68. The molecule has 4 heterocycles. The first-order valence-electron chi connectivity index (χ1n) is 16.9. The minimum Gasteiger partial charge on any atom is -0.494 e. The summed E-state index contributed by atoms with van der Waals surface area (Å²) in [5, 5.41) is 8.38. The van der Waals surface area contributed by atoms with Gasteiger partial charge in [-0.3, -0.25) is 4.90 Å². The van der Waals surface area contributed by atoms with Crippen molar-refractivity contribution in [1.82, 2.24) is 24.8 Å². The molecule has 258 valence electrons. The molecule has 0 bridgehead atoms. The zero-order valence-corrected chi connectivity index (χ0v) is 31.8. The van der Waals surface area contributed by atoms with Gasteiger partial charge in [-0.15, -0.1) is 0 Å². The largest absolute Gasteiger partial charge is 0.494 e. The van der Waals surface area contributed by atoms with Crippen LogP contribution in [-0.2, 0) is 11.0 Å². The molecule has 2 aliphatic heterocycles. The lowest BCUT2D eigenvalue weighted by atomic mass is 9.99. The van der Waals surface area contributed by atoms with Gasteiger partial charge in [-0.2, -0.15) is 4.98 Å². The molecule has 2 saturated heterocycles. The number of benzene rings is 2. The van der Waals surface area contributed by atoms with E-state index in [4.69, 9.17) is 9.72 Å². The molecule has 49 heavy (non-hydrogen) atoms. The average molecular weight is 746 g/mol. The minimum absolute atomic E-state index is 0.412. The number of likely N-dealkylation sites (N-methyl/N-ethyl adjacent to an activating group) is 1. The number of halogens is 1. The van der Waals surface area contributed by atoms with Crippen molar-refractivity contribution in [3.63, 3.8) is 0 Å². The Balaban J connectivity index is 1.24. The van der Waals surface area contributed by atoms with E-state index in [0.29, 0.717) is 39.0 Å². The molecule has 2 aliphatic rings. The summed E-state index contributed by atoms with van der Waals surface area (Å²) in [7, 11) is 1.18. The van der Waals surface area contributed by atoms with Crippen molar-refractivity contribution in [3.05, 3.63) is 58.3 Å². The van der Waals surface area contributed by atoms with Gasteiger partial charge in [-0.25, -0.2) is 9.97 Å². The fourth-order valence-corrected chi connectivity index (χ4v) is 8.72. The normalized spacial score (nSPS) is 16.3. The van der Waals surface area contributed by atoms with Crippen LogP contribution in [-0.4, -0.2) is 97.5 Å². The monoisotopic (exact) mass is 744 g/mol. The Bertz CT molecular complexity index is 1940. The van der Waals surface area contributed by atoms with E-state index in [-0.39, 0.29) is 0 Å². The van der Waals surface area contributed by atoms with E-state index in [0.717, 1.165) is 54.9 Å². The molecular formula is C37H46BrN8O2P. The third kappa shape index (κ3) is 7.89. The van der Waals surface area contributed by atoms with Crippen LogP contribution in [0.2, 0.25) is 0 Å². The summed E-state index contributed by atoms with van der Waals surface area (Å²) in [6, 6.07) is 12.6. The lowest BCUT2D eigenvalue weighted by Crippen LogP contribution is -2.52. The fraction of sp³-hybridized carbons (Fsp3) is 0.432. The molecule has 0 unspecified atom stereocenters. The molecular weight excluding hydrogens is 699 g/mol. The third-order valence-corrected chi connectivity index (χ3v) is 11.7. The topological polar surface area (TPSA) is 98.8 Å². The average Bonchev–Trinajstić information content (AvgIpc) is 3.09. The Morgan fingerprint density at radius 2 is 1.76 bits per heavy atom. The van der Waals surface area contributed by atoms with Crippen molar-refractivity contribution in [2.75, 3.05) is 82.3 Å². The predicted octanol–water partition coefficient (Wildman–Crippen LogP) is 6.68. The molecule has 6 rings (SSSR count). The second kappa shape index (κ2) is 15.1. The number of piperidine rings is 1. The second-order valence-electron chi connectivity index (χ2n) is 13.2. The highest BCUT2D eigenvalue weighted by molar-refractivity contribution is 9.10. The SMILES string of the molecule is CC#Cc1ccc2c(P(C)(C)=O)c(Nc3nc(Nc4cc(CC)c(N5CCC(N6CCN(C)CC6)CC5)cc4OC)ncc3Br)ccc2n1. The van der Waals surface area contributed by atoms with Gasteiger partial charge < -0.3 is 29.7 Å². The summed E-state index contributed by atoms with van der Waals surface area (Å²) in [5.74, 6) is 7.59. The number of aryl methyl sites for hydroxylation is 1. The lowest BCUT2D eigenvalue weighted by Gasteiger charge is -2.43. The van der Waals surface area contributed by atoms with Gasteiger partial charge in [-0.1, -0.05) is 12.8 Å². The third-order valence-electron chi connectivity index (χ3n) is 9.52. The van der Waals surface area contributed by atoms with Crippen LogP contribution in [0.4, 0.5) is 28.8 Å². The highest BCUT2D eigenvalue weighted by Gasteiger charge is 2.28. The first-order chi connectivity index (χ1) is 23.6. The maximum absolute atomic E-state index is 13.6. The first kappa shape index (κ1) is 35.2. The molecule has 2 aromatic heterocycles. The van der Waals surface area contributed by atoms with Crippen molar-refractivity contribution in [1.29, 1.82) is 0 Å². The number of nitrogens with one attached hydrogen (secondary N) is 2. The highest BCUT2D eigenvalue weighted by Crippen LogP contribution is 2.42. The van der Waals surface area contributed by atoms with Crippen LogP contribution in [0.5, 0.6) is 5.75 Å². The standard InChI is InChI=1S/C37H46BrN8O2P/c1-7-9-26-10-11-28-30(40-26)12-13-31(35(28)49(5,6)47)41-36-29(38)24-39-37(43-36)42-32-22-25(8-2)33(23-34(32)48-4)46-16-14-27(15-17-46)45-20-18-44(3)19-21-45/h10-13,22-24,27H,8,14-21H2,1-6H3,(H2,39,41,42,43). The molecule has 2 N–H and O–H groups in total. The predicted molar refractivity (Wildman–Crippen MR) is 206 cm³/mol. The second-order valence-corrected chi connectivity index (χ2v) is 17.2. The maximum atomic E-state index is 13.6. The summed E-state index contributed by atoms with van der Waals surface area (Å²) >= 11 is 3.61. The van der Waals surface area contributed by atoms with Crippen LogP contribution in [0.15, 0.2) is 47.1 Å². The van der Waals surface area contributed by atoms with Crippen LogP contribution in [0, 0.1) is 11.8 Å². The van der Waals surface area contributed by atoms with E-state index in [1.165, 1.54) is 37.2 Å². The number of pyridine rings is 1. The Labute approximate surface area is 298 Å². The van der Waals surface area contributed by atoms with E-state index in [2.05, 4.69) is 89.2 Å². The van der Waals surface area contributed by atoms with Crippen LogP contribution < -0.4 is 25.6 Å². The van der Waals surface area contributed by atoms with Gasteiger partial charge in [0.05, 0.1) is 28.5 Å². The number of nitrogens with zero attached hydrogens (tertiary/aromatic N) is 6. The van der Waals surface area contributed by atoms with Crippen LogP contribution >= 0.6 is 23.1 Å². The summed E-state index contributed by atoms with van der Waals surface area (Å²) in [6.45, 7) is 14.2. The van der Waals surface area contributed by atoms with Gasteiger partial charge in [0.1, 0.15) is 24.4 Å². The molecule has 10 nitrogen and oxygen atoms in total. The number of aromatic nitrogens is 3. The van der Waals surface area contributed by atoms with Crippen LogP contribution in [0.3, 0.4) is 0 Å². The maximum Gasteiger partial charge on any atom is 0.229 e. The number of methoxy groups -OCH3 is 1. The summed E-state index contributed by atoms with van der Waals surface area (Å²) < 4.78 is 20.2. The number of anilines is 5. The van der Waals surface area contributed by atoms with Gasteiger partial charge >= 0.3 is 0 Å². The number of hydrogen-bond donors (Lipinski definition) is 2. The Morgan fingerprint density at radius 3 is 2.43 bits per heavy atom. The van der Waals surface area contributed by atoms with Gasteiger partial charge in [0.25, 0.3) is 0 Å². The van der Waals surface area contributed by atoms with E-state index < -0.39 is 7.14 Å². The molecule has 4 aromatic rings. The number of rotatable bonds is 9. The molecule has 2 fully saturated rings. The quantitative estimate of drug-likeness (QED) is 0.143. The van der Waals surface area contributed by atoms with Crippen LogP contribution in [0.25, 0.3) is 10.9 Å². The van der Waals surface area contributed by atoms with E-state index in [1.54, 1.807) is 33.6 Å². The van der Waals surface area contributed by atoms with Gasteiger partial charge in [-0.05, 0) is 104 Å². The number of hydrogen-bond acceptors (Lipinski definition) is 10. The van der Waals surface area contributed by atoms with Crippen molar-refractivity contribution in [3.8, 4) is 17.6 Å². The summed E-state index contributed by atoms with van der Waals surface area (Å²) in [4.78, 5) is 21.7. The molecule has 0 radical (unpaired) electrons. The van der Waals surface area contributed by atoms with Gasteiger partial charge in [0.2, 0.25) is 5.95 Å². The highest BCUT2D eigenvalue weighted by atomic mass is 79.9. The lowest BCUT2D eigenvalue weighted by molar-refractivity contribution is 0.0982. The van der Waals surface area contributed by atoms with Crippen molar-refractivity contribution in [2.24, 2.45) is 0 Å². The molecule has 0 amide bonds. The summed E-state index contributed by atoms with van der Waals surface area (Å²) in [6.07, 6.45) is 4.94. The number of piperazine rings is 1. The number of fused-ring (bicyclic) bond motifs is 1.